The minimum Gasteiger partial charge on any atom is -0.481 e. The summed E-state index contributed by atoms with van der Waals surface area (Å²) in [6.07, 6.45) is 5.54. The van der Waals surface area contributed by atoms with Gasteiger partial charge < -0.3 is 15.3 Å². The Morgan fingerprint density at radius 2 is 1.83 bits per heavy atom. The lowest BCUT2D eigenvalue weighted by Gasteiger charge is -2.38. The zero-order chi connectivity index (χ0) is 21.9. The molecule has 0 bridgehead atoms. The summed E-state index contributed by atoms with van der Waals surface area (Å²) in [5.74, 6) is 1.61. The van der Waals surface area contributed by atoms with E-state index in [9.17, 15) is 9.90 Å². The van der Waals surface area contributed by atoms with Gasteiger partial charge in [-0.3, -0.25) is 4.79 Å². The molecule has 0 amide bonds. The van der Waals surface area contributed by atoms with Crippen LogP contribution in [-0.2, 0) is 10.2 Å². The standard InChI is InChI=1S/C23H31ClN4O2/c1-15(2)13-28(14-16(3)4)21-19(27-20-7-6-18(24)12-25-20)10-17(11-26-21)23(22(29)30)8-5-9-23/h6-7,10-12,15-16H,5,8-9,13-14H2,1-4H3,(H,25,27)(H,29,30). The number of carboxylic acid groups (broad SMARTS) is 1. The van der Waals surface area contributed by atoms with E-state index in [4.69, 9.17) is 16.6 Å². The van der Waals surface area contributed by atoms with Gasteiger partial charge in [0.25, 0.3) is 0 Å². The van der Waals surface area contributed by atoms with Crippen LogP contribution >= 0.6 is 11.6 Å². The fourth-order valence-corrected chi connectivity index (χ4v) is 4.05. The van der Waals surface area contributed by atoms with Gasteiger partial charge in [0.1, 0.15) is 5.82 Å². The van der Waals surface area contributed by atoms with Gasteiger partial charge in [-0.25, -0.2) is 9.97 Å². The highest BCUT2D eigenvalue weighted by atomic mass is 35.5. The molecule has 2 N–H and O–H groups in total. The van der Waals surface area contributed by atoms with Crippen LogP contribution in [0.1, 0.15) is 52.5 Å². The molecule has 2 heterocycles. The molecule has 0 aliphatic heterocycles. The zero-order valence-corrected chi connectivity index (χ0v) is 18.9. The molecule has 7 heteroatoms. The third kappa shape index (κ3) is 4.86. The maximum Gasteiger partial charge on any atom is 0.314 e. The monoisotopic (exact) mass is 430 g/mol. The number of hydrogen-bond donors (Lipinski definition) is 2. The molecule has 162 valence electrons. The summed E-state index contributed by atoms with van der Waals surface area (Å²) >= 11 is 5.98. The third-order valence-corrected chi connectivity index (χ3v) is 5.72. The minimum absolute atomic E-state index is 0.462. The molecular formula is C23H31ClN4O2. The van der Waals surface area contributed by atoms with Crippen LogP contribution < -0.4 is 10.2 Å². The average molecular weight is 431 g/mol. The van der Waals surface area contributed by atoms with Crippen LogP contribution in [0.4, 0.5) is 17.3 Å². The molecule has 1 aliphatic carbocycles. The van der Waals surface area contributed by atoms with Crippen molar-refractivity contribution in [2.75, 3.05) is 23.3 Å². The second kappa shape index (κ2) is 9.21. The topological polar surface area (TPSA) is 78.4 Å². The maximum atomic E-state index is 12.0. The van der Waals surface area contributed by atoms with Crippen LogP contribution in [0.15, 0.2) is 30.6 Å². The predicted molar refractivity (Wildman–Crippen MR) is 122 cm³/mol. The molecule has 0 atom stereocenters. The van der Waals surface area contributed by atoms with Crippen molar-refractivity contribution in [1.82, 2.24) is 9.97 Å². The number of nitrogens with zero attached hydrogens (tertiary/aromatic N) is 3. The molecule has 1 aliphatic rings. The molecule has 0 unspecified atom stereocenters. The minimum atomic E-state index is -0.837. The van der Waals surface area contributed by atoms with E-state index in [0.717, 1.165) is 36.6 Å². The van der Waals surface area contributed by atoms with Crippen LogP contribution in [0, 0.1) is 11.8 Å². The van der Waals surface area contributed by atoms with Crippen LogP contribution in [0.3, 0.4) is 0 Å². The van der Waals surface area contributed by atoms with Gasteiger partial charge in [0.2, 0.25) is 0 Å². The number of hydrogen-bond acceptors (Lipinski definition) is 5. The molecule has 2 aromatic heterocycles. The first-order chi connectivity index (χ1) is 14.2. The van der Waals surface area contributed by atoms with E-state index in [2.05, 4.69) is 42.9 Å². The SMILES string of the molecule is CC(C)CN(CC(C)C)c1ncc(C2(C(=O)O)CCC2)cc1Nc1ccc(Cl)cn1. The Labute approximate surface area is 183 Å². The summed E-state index contributed by atoms with van der Waals surface area (Å²) < 4.78 is 0. The Bertz CT molecular complexity index is 869. The van der Waals surface area contributed by atoms with E-state index in [1.807, 2.05) is 12.1 Å². The summed E-state index contributed by atoms with van der Waals surface area (Å²) in [6.45, 7) is 10.5. The highest BCUT2D eigenvalue weighted by Crippen LogP contribution is 2.45. The molecule has 30 heavy (non-hydrogen) atoms. The molecule has 2 aromatic rings. The zero-order valence-electron chi connectivity index (χ0n) is 18.2. The van der Waals surface area contributed by atoms with E-state index in [1.54, 1.807) is 18.5 Å². The fraction of sp³-hybridized carbons (Fsp3) is 0.522. The molecule has 0 saturated heterocycles. The molecule has 0 aromatic carbocycles. The van der Waals surface area contributed by atoms with E-state index >= 15 is 0 Å². The number of nitrogens with one attached hydrogen (secondary N) is 1. The number of aliphatic carboxylic acids is 1. The first-order valence-electron chi connectivity index (χ1n) is 10.6. The van der Waals surface area contributed by atoms with E-state index < -0.39 is 11.4 Å². The number of anilines is 3. The molecule has 6 nitrogen and oxygen atoms in total. The second-order valence-corrected chi connectivity index (χ2v) is 9.45. The molecular weight excluding hydrogens is 400 g/mol. The van der Waals surface area contributed by atoms with Crippen LogP contribution in [0.5, 0.6) is 0 Å². The first-order valence-corrected chi connectivity index (χ1v) is 11.0. The van der Waals surface area contributed by atoms with E-state index in [1.165, 1.54) is 0 Å². The quantitative estimate of drug-likeness (QED) is 0.547. The first kappa shape index (κ1) is 22.3. The summed E-state index contributed by atoms with van der Waals surface area (Å²) in [6, 6.07) is 5.53. The van der Waals surface area contributed by atoms with Gasteiger partial charge in [-0.15, -0.1) is 0 Å². The number of aromatic nitrogens is 2. The Morgan fingerprint density at radius 1 is 1.17 bits per heavy atom. The third-order valence-electron chi connectivity index (χ3n) is 5.50. The van der Waals surface area contributed by atoms with Gasteiger partial charge >= 0.3 is 5.97 Å². The van der Waals surface area contributed by atoms with Crippen molar-refractivity contribution >= 4 is 34.9 Å². The number of pyridine rings is 2. The Morgan fingerprint density at radius 3 is 2.30 bits per heavy atom. The van der Waals surface area contributed by atoms with Crippen molar-refractivity contribution < 1.29 is 9.90 Å². The maximum absolute atomic E-state index is 12.0. The number of carboxylic acids is 1. The van der Waals surface area contributed by atoms with Gasteiger partial charge in [-0.05, 0) is 48.4 Å². The van der Waals surface area contributed by atoms with Gasteiger partial charge in [-0.2, -0.15) is 0 Å². The van der Waals surface area contributed by atoms with Crippen molar-refractivity contribution in [1.29, 1.82) is 0 Å². The van der Waals surface area contributed by atoms with E-state index in [-0.39, 0.29) is 0 Å². The van der Waals surface area contributed by atoms with Crippen molar-refractivity contribution in [3.63, 3.8) is 0 Å². The lowest BCUT2D eigenvalue weighted by atomic mass is 9.65. The van der Waals surface area contributed by atoms with Crippen molar-refractivity contribution in [3.05, 3.63) is 41.2 Å². The Balaban J connectivity index is 2.05. The number of rotatable bonds is 9. The van der Waals surface area contributed by atoms with Gasteiger partial charge in [0, 0.05) is 25.5 Å². The lowest BCUT2D eigenvalue weighted by molar-refractivity contribution is -0.147. The van der Waals surface area contributed by atoms with Crippen molar-refractivity contribution in [2.24, 2.45) is 11.8 Å². The molecule has 1 fully saturated rings. The Kier molecular flexibility index (Phi) is 6.86. The van der Waals surface area contributed by atoms with Crippen molar-refractivity contribution in [3.8, 4) is 0 Å². The normalized spacial score (nSPS) is 15.2. The lowest BCUT2D eigenvalue weighted by Crippen LogP contribution is -2.42. The molecule has 0 spiro atoms. The fourth-order valence-electron chi connectivity index (χ4n) is 3.94. The van der Waals surface area contributed by atoms with E-state index in [0.29, 0.717) is 35.5 Å². The van der Waals surface area contributed by atoms with Crippen LogP contribution in [0.2, 0.25) is 5.02 Å². The summed E-state index contributed by atoms with van der Waals surface area (Å²) in [7, 11) is 0. The van der Waals surface area contributed by atoms with Crippen molar-refractivity contribution in [2.45, 2.75) is 52.4 Å². The van der Waals surface area contributed by atoms with Gasteiger partial charge in [0.15, 0.2) is 5.82 Å². The summed E-state index contributed by atoms with van der Waals surface area (Å²) in [5.41, 5.74) is 0.683. The summed E-state index contributed by atoms with van der Waals surface area (Å²) in [5, 5.41) is 13.8. The molecule has 1 saturated carbocycles. The van der Waals surface area contributed by atoms with Crippen LogP contribution in [-0.4, -0.2) is 34.1 Å². The average Bonchev–Trinajstić information content (AvgIpc) is 2.61. The largest absolute Gasteiger partial charge is 0.481 e. The number of halogens is 1. The smallest absolute Gasteiger partial charge is 0.314 e. The second-order valence-electron chi connectivity index (χ2n) is 9.02. The van der Waals surface area contributed by atoms with Gasteiger partial charge in [-0.1, -0.05) is 45.7 Å². The van der Waals surface area contributed by atoms with Gasteiger partial charge in [0.05, 0.1) is 16.1 Å². The molecule has 0 radical (unpaired) electrons. The highest BCUT2D eigenvalue weighted by Gasteiger charge is 2.46. The highest BCUT2D eigenvalue weighted by molar-refractivity contribution is 6.30. The summed E-state index contributed by atoms with van der Waals surface area (Å²) in [4.78, 5) is 23.4. The van der Waals surface area contributed by atoms with Crippen LogP contribution in [0.25, 0.3) is 0 Å². The number of carbonyl (C=O) groups is 1. The molecule has 3 rings (SSSR count). The predicted octanol–water partition coefficient (Wildman–Crippen LogP) is 5.50. The Hall–Kier alpha value is -2.34.